The van der Waals surface area contributed by atoms with Gasteiger partial charge in [0.25, 0.3) is 0 Å². The standard InChI is InChI=1S/C31H46O4/c1-18(17-24(32)19(2)20(3)27(34)35)21-11-15-31(8)23-9-10-25-28(4,5)26(33)13-14-29(25,6)22(23)12-16-30(21,31)7/h18-19,21,25H,3,9-17H2,1-2,4-8H3,(H,34,35)/t18-,19?,21-,25+,29-,30-,31+/m1/s1. The number of Topliss-reactive ketones (excluding diaryl/α,β-unsaturated/α-hetero) is 2. The molecule has 0 aromatic rings. The second kappa shape index (κ2) is 8.42. The van der Waals surface area contributed by atoms with Gasteiger partial charge in [0.05, 0.1) is 0 Å². The highest BCUT2D eigenvalue weighted by Gasteiger charge is 2.63. The van der Waals surface area contributed by atoms with Crippen molar-refractivity contribution >= 4 is 17.5 Å². The van der Waals surface area contributed by atoms with Gasteiger partial charge in [-0.05, 0) is 78.9 Å². The lowest BCUT2D eigenvalue weighted by atomic mass is 9.43. The molecule has 1 unspecified atom stereocenters. The summed E-state index contributed by atoms with van der Waals surface area (Å²) in [5.74, 6) is -0.175. The van der Waals surface area contributed by atoms with Crippen LogP contribution >= 0.6 is 0 Å². The van der Waals surface area contributed by atoms with Gasteiger partial charge < -0.3 is 5.11 Å². The first-order chi connectivity index (χ1) is 16.1. The molecular formula is C31H46O4. The van der Waals surface area contributed by atoms with E-state index in [2.05, 4.69) is 48.1 Å². The van der Waals surface area contributed by atoms with Crippen LogP contribution in [0.2, 0.25) is 0 Å². The van der Waals surface area contributed by atoms with Gasteiger partial charge in [0, 0.05) is 29.7 Å². The van der Waals surface area contributed by atoms with Gasteiger partial charge in [-0.25, -0.2) is 4.79 Å². The zero-order chi connectivity index (χ0) is 26.1. The Hall–Kier alpha value is -1.71. The van der Waals surface area contributed by atoms with Crippen LogP contribution in [0.4, 0.5) is 0 Å². The van der Waals surface area contributed by atoms with E-state index in [-0.39, 0.29) is 38.9 Å². The molecular weight excluding hydrogens is 436 g/mol. The van der Waals surface area contributed by atoms with E-state index in [0.717, 1.165) is 44.9 Å². The van der Waals surface area contributed by atoms with Crippen molar-refractivity contribution in [2.45, 2.75) is 106 Å². The number of fused-ring (bicyclic) bond motifs is 4. The van der Waals surface area contributed by atoms with Gasteiger partial charge in [0.1, 0.15) is 11.6 Å². The fourth-order valence-corrected chi connectivity index (χ4v) is 9.46. The molecule has 2 saturated carbocycles. The second-order valence-electron chi connectivity index (χ2n) is 13.7. The third-order valence-electron chi connectivity index (χ3n) is 12.1. The molecule has 4 rings (SSSR count). The summed E-state index contributed by atoms with van der Waals surface area (Å²) < 4.78 is 0. The molecule has 0 amide bonds. The lowest BCUT2D eigenvalue weighted by Gasteiger charge is -2.60. The Morgan fingerprint density at radius 1 is 0.971 bits per heavy atom. The molecule has 194 valence electrons. The number of carboxylic acid groups (broad SMARTS) is 1. The SMILES string of the molecule is C=C(C(=O)O)C(C)C(=O)C[C@@H](C)[C@H]1CC[C@@]2(C)C3=C(CC[C@]12C)[C@@]1(C)CCC(=O)C(C)(C)[C@@H]1CC3. The van der Waals surface area contributed by atoms with Crippen LogP contribution in [0, 0.1) is 45.3 Å². The van der Waals surface area contributed by atoms with E-state index < -0.39 is 11.9 Å². The van der Waals surface area contributed by atoms with E-state index in [4.69, 9.17) is 0 Å². The van der Waals surface area contributed by atoms with Crippen molar-refractivity contribution in [1.82, 2.24) is 0 Å². The zero-order valence-corrected chi connectivity index (χ0v) is 23.1. The summed E-state index contributed by atoms with van der Waals surface area (Å²) in [5, 5.41) is 9.26. The summed E-state index contributed by atoms with van der Waals surface area (Å²) in [6.45, 7) is 19.3. The zero-order valence-electron chi connectivity index (χ0n) is 23.1. The average molecular weight is 483 g/mol. The van der Waals surface area contributed by atoms with Crippen LogP contribution in [0.5, 0.6) is 0 Å². The highest BCUT2D eigenvalue weighted by atomic mass is 16.4. The lowest BCUT2D eigenvalue weighted by Crippen LogP contribution is -2.54. The molecule has 0 heterocycles. The van der Waals surface area contributed by atoms with Crippen molar-refractivity contribution in [1.29, 1.82) is 0 Å². The summed E-state index contributed by atoms with van der Waals surface area (Å²) in [4.78, 5) is 37.1. The number of carbonyl (C=O) groups is 3. The Labute approximate surface area is 212 Å². The molecule has 7 atom stereocenters. The number of carbonyl (C=O) groups excluding carboxylic acids is 2. The molecule has 0 aromatic heterocycles. The molecule has 1 N–H and O–H groups in total. The van der Waals surface area contributed by atoms with Crippen LogP contribution in [0.3, 0.4) is 0 Å². The first-order valence-electron chi connectivity index (χ1n) is 13.8. The highest BCUT2D eigenvalue weighted by Crippen LogP contribution is 2.72. The Kier molecular flexibility index (Phi) is 6.34. The minimum atomic E-state index is -1.08. The van der Waals surface area contributed by atoms with Crippen LogP contribution in [-0.2, 0) is 14.4 Å². The van der Waals surface area contributed by atoms with Gasteiger partial charge in [-0.3, -0.25) is 9.59 Å². The number of allylic oxidation sites excluding steroid dienone is 2. The molecule has 4 aliphatic rings. The molecule has 0 bridgehead atoms. The van der Waals surface area contributed by atoms with Crippen molar-refractivity contribution in [2.24, 2.45) is 45.3 Å². The maximum absolute atomic E-state index is 13.0. The summed E-state index contributed by atoms with van der Waals surface area (Å²) in [6, 6.07) is 0. The van der Waals surface area contributed by atoms with Crippen LogP contribution in [-0.4, -0.2) is 22.6 Å². The number of ketones is 2. The predicted octanol–water partition coefficient (Wildman–Crippen LogP) is 7.18. The Morgan fingerprint density at radius 2 is 1.63 bits per heavy atom. The smallest absolute Gasteiger partial charge is 0.331 e. The molecule has 0 radical (unpaired) electrons. The summed E-state index contributed by atoms with van der Waals surface area (Å²) in [7, 11) is 0. The van der Waals surface area contributed by atoms with Crippen molar-refractivity contribution in [3.8, 4) is 0 Å². The van der Waals surface area contributed by atoms with Gasteiger partial charge in [-0.1, -0.05) is 66.2 Å². The van der Waals surface area contributed by atoms with Crippen molar-refractivity contribution in [3.63, 3.8) is 0 Å². The van der Waals surface area contributed by atoms with Crippen LogP contribution in [0.25, 0.3) is 0 Å². The normalized spacial score (nSPS) is 39.8. The van der Waals surface area contributed by atoms with Gasteiger partial charge in [0.2, 0.25) is 0 Å². The molecule has 0 aromatic carbocycles. The van der Waals surface area contributed by atoms with Gasteiger partial charge in [-0.2, -0.15) is 0 Å². The van der Waals surface area contributed by atoms with E-state index >= 15 is 0 Å². The lowest BCUT2D eigenvalue weighted by molar-refractivity contribution is -0.139. The topological polar surface area (TPSA) is 71.4 Å². The van der Waals surface area contributed by atoms with E-state index in [1.54, 1.807) is 18.1 Å². The minimum Gasteiger partial charge on any atom is -0.478 e. The van der Waals surface area contributed by atoms with Gasteiger partial charge >= 0.3 is 5.97 Å². The monoisotopic (exact) mass is 482 g/mol. The molecule has 4 heteroatoms. The van der Waals surface area contributed by atoms with Gasteiger partial charge in [-0.15, -0.1) is 0 Å². The van der Waals surface area contributed by atoms with Crippen molar-refractivity contribution < 1.29 is 19.5 Å². The Bertz CT molecular complexity index is 1000. The molecule has 0 spiro atoms. The van der Waals surface area contributed by atoms with E-state index in [0.29, 0.717) is 30.5 Å². The van der Waals surface area contributed by atoms with Crippen LogP contribution in [0.1, 0.15) is 106 Å². The van der Waals surface area contributed by atoms with Crippen molar-refractivity contribution in [3.05, 3.63) is 23.3 Å². The van der Waals surface area contributed by atoms with Crippen LogP contribution < -0.4 is 0 Å². The summed E-state index contributed by atoms with van der Waals surface area (Å²) in [6.07, 6.45) is 8.86. The minimum absolute atomic E-state index is 0.0000550. The molecule has 2 fully saturated rings. The maximum Gasteiger partial charge on any atom is 0.331 e. The fourth-order valence-electron chi connectivity index (χ4n) is 9.46. The Morgan fingerprint density at radius 3 is 2.26 bits per heavy atom. The number of hydrogen-bond donors (Lipinski definition) is 1. The van der Waals surface area contributed by atoms with E-state index in [1.807, 2.05) is 0 Å². The van der Waals surface area contributed by atoms with E-state index in [1.165, 1.54) is 0 Å². The maximum atomic E-state index is 13.0. The molecule has 4 aliphatic carbocycles. The molecule has 4 nitrogen and oxygen atoms in total. The van der Waals surface area contributed by atoms with Crippen molar-refractivity contribution in [2.75, 3.05) is 0 Å². The first kappa shape index (κ1) is 26.4. The number of carboxylic acids is 1. The summed E-state index contributed by atoms with van der Waals surface area (Å²) >= 11 is 0. The van der Waals surface area contributed by atoms with Crippen LogP contribution in [0.15, 0.2) is 23.3 Å². The van der Waals surface area contributed by atoms with E-state index in [9.17, 15) is 19.5 Å². The quantitative estimate of drug-likeness (QED) is 0.321. The molecule has 0 aliphatic heterocycles. The number of aliphatic carboxylic acids is 1. The Balaban J connectivity index is 1.61. The third kappa shape index (κ3) is 3.63. The highest BCUT2D eigenvalue weighted by molar-refractivity contribution is 5.96. The molecule has 0 saturated heterocycles. The third-order valence-corrected chi connectivity index (χ3v) is 12.1. The summed E-state index contributed by atoms with van der Waals surface area (Å²) in [5.41, 5.74) is 3.52. The number of hydrogen-bond acceptors (Lipinski definition) is 3. The largest absolute Gasteiger partial charge is 0.478 e. The van der Waals surface area contributed by atoms with Gasteiger partial charge in [0.15, 0.2) is 0 Å². The first-order valence-corrected chi connectivity index (χ1v) is 13.8. The number of rotatable bonds is 6. The predicted molar refractivity (Wildman–Crippen MR) is 139 cm³/mol. The fraction of sp³-hybridized carbons (Fsp3) is 0.774. The second-order valence-corrected chi connectivity index (χ2v) is 13.7. The average Bonchev–Trinajstić information content (AvgIpc) is 3.07. The molecule has 35 heavy (non-hydrogen) atoms.